The highest BCUT2D eigenvalue weighted by Gasteiger charge is 2.30. The van der Waals surface area contributed by atoms with E-state index in [0.717, 1.165) is 58.5 Å². The topological polar surface area (TPSA) is 35.6 Å². The Labute approximate surface area is 152 Å². The van der Waals surface area contributed by atoms with E-state index in [0.29, 0.717) is 11.9 Å². The van der Waals surface area contributed by atoms with Gasteiger partial charge in [0.05, 0.1) is 0 Å². The number of hydrogen-bond donors (Lipinski definition) is 1. The first kappa shape index (κ1) is 19.2. The van der Waals surface area contributed by atoms with Crippen LogP contribution in [0.25, 0.3) is 0 Å². The van der Waals surface area contributed by atoms with Crippen molar-refractivity contribution in [3.05, 3.63) is 35.9 Å². The second-order valence-electron chi connectivity index (χ2n) is 6.98. The molecule has 0 unspecified atom stereocenters. The summed E-state index contributed by atoms with van der Waals surface area (Å²) in [5, 5.41) is 3.43. The Morgan fingerprint density at radius 1 is 1.17 bits per heavy atom. The smallest absolute Gasteiger partial charge is 0.225 e. The van der Waals surface area contributed by atoms with Gasteiger partial charge in [-0.25, -0.2) is 0 Å². The molecular formula is C19H30ClN3O. The summed E-state index contributed by atoms with van der Waals surface area (Å²) in [6.45, 7) is 8.07. The number of carbonyl (C=O) groups is 1. The van der Waals surface area contributed by atoms with Crippen molar-refractivity contribution in [1.82, 2.24) is 15.1 Å². The zero-order valence-electron chi connectivity index (χ0n) is 14.6. The summed E-state index contributed by atoms with van der Waals surface area (Å²) >= 11 is 0. The summed E-state index contributed by atoms with van der Waals surface area (Å²) < 4.78 is 0. The standard InChI is InChI=1S/C19H29N3O.ClH/c1-16-15-18(7-9-20-16)19(23)22-13-11-21(12-14-22)10-8-17-5-3-2-4-6-17;/h2-6,16,18,20H,7-15H2,1H3;1H/t16-,18-;/m0./s1. The third-order valence-corrected chi connectivity index (χ3v) is 5.22. The minimum Gasteiger partial charge on any atom is -0.340 e. The van der Waals surface area contributed by atoms with Crippen molar-refractivity contribution in [2.24, 2.45) is 5.92 Å². The average Bonchev–Trinajstić information content (AvgIpc) is 2.61. The second-order valence-corrected chi connectivity index (χ2v) is 6.98. The molecule has 1 N–H and O–H groups in total. The molecule has 0 bridgehead atoms. The summed E-state index contributed by atoms with van der Waals surface area (Å²) in [5.41, 5.74) is 1.40. The van der Waals surface area contributed by atoms with Gasteiger partial charge in [0.1, 0.15) is 0 Å². The lowest BCUT2D eigenvalue weighted by Crippen LogP contribution is -2.52. The first-order chi connectivity index (χ1) is 11.2. The third-order valence-electron chi connectivity index (χ3n) is 5.22. The molecule has 4 nitrogen and oxygen atoms in total. The summed E-state index contributed by atoms with van der Waals surface area (Å²) in [7, 11) is 0. The van der Waals surface area contributed by atoms with Gasteiger partial charge in [-0.15, -0.1) is 12.4 Å². The van der Waals surface area contributed by atoms with Crippen molar-refractivity contribution < 1.29 is 4.79 Å². The molecule has 0 aromatic heterocycles. The van der Waals surface area contributed by atoms with Gasteiger partial charge in [-0.05, 0) is 38.3 Å². The van der Waals surface area contributed by atoms with Crippen LogP contribution >= 0.6 is 12.4 Å². The van der Waals surface area contributed by atoms with Crippen molar-refractivity contribution in [2.75, 3.05) is 39.3 Å². The van der Waals surface area contributed by atoms with Gasteiger partial charge in [0.15, 0.2) is 0 Å². The fraction of sp³-hybridized carbons (Fsp3) is 0.632. The Kier molecular flexibility index (Phi) is 7.53. The number of amides is 1. The van der Waals surface area contributed by atoms with Crippen molar-refractivity contribution in [1.29, 1.82) is 0 Å². The molecule has 2 atom stereocenters. The maximum absolute atomic E-state index is 12.7. The monoisotopic (exact) mass is 351 g/mol. The van der Waals surface area contributed by atoms with Crippen molar-refractivity contribution >= 4 is 18.3 Å². The van der Waals surface area contributed by atoms with E-state index in [1.165, 1.54) is 5.56 Å². The van der Waals surface area contributed by atoms with E-state index >= 15 is 0 Å². The van der Waals surface area contributed by atoms with Gasteiger partial charge in [0.25, 0.3) is 0 Å². The molecule has 24 heavy (non-hydrogen) atoms. The number of hydrogen-bond acceptors (Lipinski definition) is 3. The van der Waals surface area contributed by atoms with Crippen molar-refractivity contribution in [3.63, 3.8) is 0 Å². The Hall–Kier alpha value is -1.10. The molecule has 2 saturated heterocycles. The summed E-state index contributed by atoms with van der Waals surface area (Å²) in [6.07, 6.45) is 3.09. The Morgan fingerprint density at radius 2 is 1.88 bits per heavy atom. The van der Waals surface area contributed by atoms with Crippen LogP contribution in [0.1, 0.15) is 25.3 Å². The molecule has 0 spiro atoms. The fourth-order valence-electron chi connectivity index (χ4n) is 3.74. The second kappa shape index (κ2) is 9.40. The predicted molar refractivity (Wildman–Crippen MR) is 101 cm³/mol. The molecule has 1 aromatic carbocycles. The highest BCUT2D eigenvalue weighted by atomic mass is 35.5. The van der Waals surface area contributed by atoms with Crippen LogP contribution in [0.5, 0.6) is 0 Å². The van der Waals surface area contributed by atoms with Crippen LogP contribution in [0.3, 0.4) is 0 Å². The number of benzene rings is 1. The number of carbonyl (C=O) groups excluding carboxylic acids is 1. The number of piperazine rings is 1. The molecule has 2 fully saturated rings. The van der Waals surface area contributed by atoms with E-state index in [9.17, 15) is 4.79 Å². The molecule has 5 heteroatoms. The maximum Gasteiger partial charge on any atom is 0.225 e. The summed E-state index contributed by atoms with van der Waals surface area (Å²) in [4.78, 5) is 17.3. The van der Waals surface area contributed by atoms with Crippen molar-refractivity contribution in [3.8, 4) is 0 Å². The van der Waals surface area contributed by atoms with Gasteiger partial charge >= 0.3 is 0 Å². The molecule has 2 heterocycles. The molecular weight excluding hydrogens is 322 g/mol. The molecule has 3 rings (SSSR count). The maximum atomic E-state index is 12.7. The van der Waals surface area contributed by atoms with E-state index in [1.54, 1.807) is 0 Å². The van der Waals surface area contributed by atoms with Crippen LogP contribution in [-0.4, -0.2) is 61.0 Å². The lowest BCUT2D eigenvalue weighted by atomic mass is 9.92. The molecule has 0 aliphatic carbocycles. The van der Waals surface area contributed by atoms with E-state index in [4.69, 9.17) is 0 Å². The average molecular weight is 352 g/mol. The van der Waals surface area contributed by atoms with Gasteiger partial charge in [0.2, 0.25) is 5.91 Å². The Balaban J connectivity index is 0.00000208. The highest BCUT2D eigenvalue weighted by molar-refractivity contribution is 5.85. The van der Waals surface area contributed by atoms with Gasteiger partial charge in [0, 0.05) is 44.7 Å². The van der Waals surface area contributed by atoms with E-state index in [1.807, 2.05) is 0 Å². The van der Waals surface area contributed by atoms with E-state index in [-0.39, 0.29) is 18.3 Å². The number of halogens is 1. The highest BCUT2D eigenvalue weighted by Crippen LogP contribution is 2.19. The van der Waals surface area contributed by atoms with Crippen LogP contribution in [0.4, 0.5) is 0 Å². The van der Waals surface area contributed by atoms with Gasteiger partial charge < -0.3 is 10.2 Å². The number of nitrogens with one attached hydrogen (secondary N) is 1. The number of piperidine rings is 1. The van der Waals surface area contributed by atoms with Gasteiger partial charge in [-0.3, -0.25) is 9.69 Å². The van der Waals surface area contributed by atoms with E-state index < -0.39 is 0 Å². The molecule has 0 saturated carbocycles. The van der Waals surface area contributed by atoms with Crippen LogP contribution in [0.15, 0.2) is 30.3 Å². The minimum atomic E-state index is 0. The van der Waals surface area contributed by atoms with Crippen molar-refractivity contribution in [2.45, 2.75) is 32.2 Å². The first-order valence-electron chi connectivity index (χ1n) is 9.01. The lowest BCUT2D eigenvalue weighted by molar-refractivity contribution is -0.138. The SMILES string of the molecule is C[C@H]1C[C@@H](C(=O)N2CCN(CCc3ccccc3)CC2)CCN1.Cl. The minimum absolute atomic E-state index is 0. The van der Waals surface area contributed by atoms with Gasteiger partial charge in [-0.2, -0.15) is 0 Å². The van der Waals surface area contributed by atoms with Crippen LogP contribution in [0.2, 0.25) is 0 Å². The Morgan fingerprint density at radius 3 is 2.54 bits per heavy atom. The van der Waals surface area contributed by atoms with Gasteiger partial charge in [-0.1, -0.05) is 30.3 Å². The molecule has 2 aliphatic heterocycles. The largest absolute Gasteiger partial charge is 0.340 e. The molecule has 1 amide bonds. The quantitative estimate of drug-likeness (QED) is 0.903. The normalized spacial score (nSPS) is 25.1. The zero-order chi connectivity index (χ0) is 16.1. The first-order valence-corrected chi connectivity index (χ1v) is 9.01. The lowest BCUT2D eigenvalue weighted by Gasteiger charge is -2.38. The molecule has 2 aliphatic rings. The number of nitrogens with zero attached hydrogens (tertiary/aromatic N) is 2. The van der Waals surface area contributed by atoms with Crippen LogP contribution in [-0.2, 0) is 11.2 Å². The Bertz CT molecular complexity index is 503. The number of rotatable bonds is 4. The zero-order valence-corrected chi connectivity index (χ0v) is 15.4. The van der Waals surface area contributed by atoms with Crippen LogP contribution < -0.4 is 5.32 Å². The van der Waals surface area contributed by atoms with E-state index in [2.05, 4.69) is 52.4 Å². The predicted octanol–water partition coefficient (Wildman–Crippen LogP) is 2.18. The summed E-state index contributed by atoms with van der Waals surface area (Å²) in [5.74, 6) is 0.628. The molecule has 134 valence electrons. The fourth-order valence-corrected chi connectivity index (χ4v) is 3.74. The third kappa shape index (κ3) is 5.20. The molecule has 0 radical (unpaired) electrons. The summed E-state index contributed by atoms with van der Waals surface area (Å²) in [6, 6.07) is 11.1. The molecule has 1 aromatic rings. The van der Waals surface area contributed by atoms with Crippen LogP contribution in [0, 0.1) is 5.92 Å².